The van der Waals surface area contributed by atoms with Crippen LogP contribution in [0.4, 0.5) is 5.69 Å². The predicted octanol–water partition coefficient (Wildman–Crippen LogP) is 2.95. The molecule has 0 bridgehead atoms. The molecule has 0 saturated carbocycles. The third kappa shape index (κ3) is 2.30. The molecule has 100 valence electrons. The molecule has 1 aliphatic carbocycles. The normalized spacial score (nSPS) is 18.1. The second kappa shape index (κ2) is 4.96. The Balaban J connectivity index is 1.85. The molecular formula is C15H18N2O2. The van der Waals surface area contributed by atoms with Gasteiger partial charge in [-0.05, 0) is 31.9 Å². The molecule has 4 nitrogen and oxygen atoms in total. The van der Waals surface area contributed by atoms with Crippen LogP contribution in [0.25, 0.3) is 0 Å². The van der Waals surface area contributed by atoms with Gasteiger partial charge >= 0.3 is 0 Å². The van der Waals surface area contributed by atoms with E-state index >= 15 is 0 Å². The molecule has 1 aliphatic rings. The summed E-state index contributed by atoms with van der Waals surface area (Å²) < 4.78 is 7.20. The van der Waals surface area contributed by atoms with Crippen molar-refractivity contribution in [3.05, 3.63) is 52.3 Å². The predicted molar refractivity (Wildman–Crippen MR) is 74.4 cm³/mol. The molecule has 4 heteroatoms. The second-order valence-electron chi connectivity index (χ2n) is 4.93. The molecule has 0 fully saturated rings. The first-order chi connectivity index (χ1) is 9.28. The summed E-state index contributed by atoms with van der Waals surface area (Å²) >= 11 is 0. The highest BCUT2D eigenvalue weighted by Crippen LogP contribution is 2.32. The molecule has 2 aromatic heterocycles. The molecule has 1 N–H and O–H groups in total. The van der Waals surface area contributed by atoms with Crippen LogP contribution in [0.2, 0.25) is 0 Å². The number of aromatic nitrogens is 1. The Labute approximate surface area is 112 Å². The number of rotatable bonds is 3. The van der Waals surface area contributed by atoms with E-state index in [0.29, 0.717) is 6.54 Å². The molecule has 0 spiro atoms. The maximum Gasteiger partial charge on any atom is 0.250 e. The number of furan rings is 1. The number of nitrogens with zero attached hydrogens (tertiary/aromatic N) is 1. The van der Waals surface area contributed by atoms with E-state index in [1.807, 2.05) is 25.3 Å². The van der Waals surface area contributed by atoms with Crippen LogP contribution in [0.3, 0.4) is 0 Å². The summed E-state index contributed by atoms with van der Waals surface area (Å²) in [5.41, 5.74) is 2.28. The van der Waals surface area contributed by atoms with Crippen LogP contribution in [-0.4, -0.2) is 4.57 Å². The smallest absolute Gasteiger partial charge is 0.250 e. The van der Waals surface area contributed by atoms with E-state index in [2.05, 4.69) is 5.32 Å². The summed E-state index contributed by atoms with van der Waals surface area (Å²) in [4.78, 5) is 11.6. The Morgan fingerprint density at radius 2 is 2.32 bits per heavy atom. The fourth-order valence-corrected chi connectivity index (χ4v) is 2.70. The number of hydrogen-bond acceptors (Lipinski definition) is 3. The van der Waals surface area contributed by atoms with E-state index in [4.69, 9.17) is 4.42 Å². The van der Waals surface area contributed by atoms with Gasteiger partial charge in [-0.1, -0.05) is 0 Å². The van der Waals surface area contributed by atoms with E-state index in [-0.39, 0.29) is 11.6 Å². The number of hydrogen-bond donors (Lipinski definition) is 1. The molecule has 2 aromatic rings. The molecule has 0 aliphatic heterocycles. The fourth-order valence-electron chi connectivity index (χ4n) is 2.70. The van der Waals surface area contributed by atoms with Crippen LogP contribution in [-0.2, 0) is 13.0 Å². The molecule has 19 heavy (non-hydrogen) atoms. The maximum atomic E-state index is 11.6. The van der Waals surface area contributed by atoms with Crippen molar-refractivity contribution < 1.29 is 4.42 Å². The third-order valence-corrected chi connectivity index (χ3v) is 3.72. The Kier molecular flexibility index (Phi) is 3.15. The SMILES string of the molecule is CCn1cc(NC2CCCc3occc32)ccc1=O. The highest BCUT2D eigenvalue weighted by atomic mass is 16.3. The zero-order valence-electron chi connectivity index (χ0n) is 11.1. The first kappa shape index (κ1) is 12.1. The van der Waals surface area contributed by atoms with Crippen LogP contribution in [0.1, 0.15) is 37.1 Å². The van der Waals surface area contributed by atoms with Gasteiger partial charge in [0.05, 0.1) is 18.0 Å². The minimum absolute atomic E-state index is 0.0423. The van der Waals surface area contributed by atoms with Gasteiger partial charge < -0.3 is 14.3 Å². The Bertz CT molecular complexity index is 627. The quantitative estimate of drug-likeness (QED) is 0.920. The van der Waals surface area contributed by atoms with Gasteiger partial charge in [0.1, 0.15) is 5.76 Å². The summed E-state index contributed by atoms with van der Waals surface area (Å²) in [6.07, 6.45) is 6.90. The van der Waals surface area contributed by atoms with Gasteiger partial charge in [-0.2, -0.15) is 0 Å². The van der Waals surface area contributed by atoms with Crippen molar-refractivity contribution in [2.24, 2.45) is 0 Å². The van der Waals surface area contributed by atoms with E-state index < -0.39 is 0 Å². The van der Waals surface area contributed by atoms with Crippen molar-refractivity contribution in [1.29, 1.82) is 0 Å². The van der Waals surface area contributed by atoms with Crippen LogP contribution < -0.4 is 10.9 Å². The number of pyridine rings is 1. The Hall–Kier alpha value is -1.97. The van der Waals surface area contributed by atoms with Crippen LogP contribution in [0.15, 0.2) is 39.9 Å². The van der Waals surface area contributed by atoms with Gasteiger partial charge in [0.25, 0.3) is 5.56 Å². The molecule has 0 amide bonds. The molecule has 1 atom stereocenters. The fraction of sp³-hybridized carbons (Fsp3) is 0.400. The molecule has 1 unspecified atom stereocenters. The van der Waals surface area contributed by atoms with Crippen LogP contribution in [0.5, 0.6) is 0 Å². The molecule has 0 aromatic carbocycles. The third-order valence-electron chi connectivity index (χ3n) is 3.72. The summed E-state index contributed by atoms with van der Waals surface area (Å²) in [5, 5.41) is 3.51. The molecular weight excluding hydrogens is 240 g/mol. The van der Waals surface area contributed by atoms with E-state index in [1.54, 1.807) is 16.9 Å². The highest BCUT2D eigenvalue weighted by molar-refractivity contribution is 5.44. The molecule has 0 saturated heterocycles. The lowest BCUT2D eigenvalue weighted by Gasteiger charge is -2.24. The zero-order chi connectivity index (χ0) is 13.2. The lowest BCUT2D eigenvalue weighted by Crippen LogP contribution is -2.20. The van der Waals surface area contributed by atoms with Crippen molar-refractivity contribution in [3.63, 3.8) is 0 Å². The highest BCUT2D eigenvalue weighted by Gasteiger charge is 2.22. The van der Waals surface area contributed by atoms with E-state index in [1.165, 1.54) is 5.56 Å². The van der Waals surface area contributed by atoms with Crippen LogP contribution >= 0.6 is 0 Å². The van der Waals surface area contributed by atoms with Gasteiger partial charge in [-0.15, -0.1) is 0 Å². The average Bonchev–Trinajstić information content (AvgIpc) is 2.90. The molecule has 0 radical (unpaired) electrons. The van der Waals surface area contributed by atoms with Crippen molar-refractivity contribution in [2.75, 3.05) is 5.32 Å². The van der Waals surface area contributed by atoms with Gasteiger partial charge in [-0.3, -0.25) is 4.79 Å². The zero-order valence-corrected chi connectivity index (χ0v) is 11.1. The maximum absolute atomic E-state index is 11.6. The van der Waals surface area contributed by atoms with Crippen molar-refractivity contribution in [1.82, 2.24) is 4.57 Å². The van der Waals surface area contributed by atoms with Crippen LogP contribution in [0, 0.1) is 0 Å². The van der Waals surface area contributed by atoms with Gasteiger partial charge in [0, 0.05) is 30.8 Å². The van der Waals surface area contributed by atoms with Crippen molar-refractivity contribution >= 4 is 5.69 Å². The van der Waals surface area contributed by atoms with Gasteiger partial charge in [0.2, 0.25) is 0 Å². The summed E-state index contributed by atoms with van der Waals surface area (Å²) in [6, 6.07) is 5.79. The van der Waals surface area contributed by atoms with E-state index in [0.717, 1.165) is 30.7 Å². The standard InChI is InChI=1S/C15H18N2O2/c1-2-17-10-11(6-7-15(17)18)16-13-4-3-5-14-12(13)8-9-19-14/h6-10,13,16H,2-5H2,1H3. The largest absolute Gasteiger partial charge is 0.469 e. The van der Waals surface area contributed by atoms with Crippen molar-refractivity contribution in [3.8, 4) is 0 Å². The van der Waals surface area contributed by atoms with Crippen molar-refractivity contribution in [2.45, 2.75) is 38.8 Å². The second-order valence-corrected chi connectivity index (χ2v) is 4.93. The topological polar surface area (TPSA) is 47.2 Å². The van der Waals surface area contributed by atoms with E-state index in [9.17, 15) is 4.79 Å². The Morgan fingerprint density at radius 3 is 3.16 bits per heavy atom. The lowest BCUT2D eigenvalue weighted by molar-refractivity contribution is 0.461. The molecule has 2 heterocycles. The number of anilines is 1. The monoisotopic (exact) mass is 258 g/mol. The lowest BCUT2D eigenvalue weighted by atomic mass is 9.93. The minimum atomic E-state index is 0.0423. The van der Waals surface area contributed by atoms with Gasteiger partial charge in [-0.25, -0.2) is 0 Å². The molecule has 3 rings (SSSR count). The van der Waals surface area contributed by atoms with Gasteiger partial charge in [0.15, 0.2) is 0 Å². The first-order valence-electron chi connectivity index (χ1n) is 6.81. The minimum Gasteiger partial charge on any atom is -0.469 e. The number of aryl methyl sites for hydroxylation is 2. The summed E-state index contributed by atoms with van der Waals surface area (Å²) in [7, 11) is 0. The average molecular weight is 258 g/mol. The number of fused-ring (bicyclic) bond motifs is 1. The summed E-state index contributed by atoms with van der Waals surface area (Å²) in [6.45, 7) is 2.66. The first-order valence-corrected chi connectivity index (χ1v) is 6.81. The number of nitrogens with one attached hydrogen (secondary N) is 1. The summed E-state index contributed by atoms with van der Waals surface area (Å²) in [5.74, 6) is 1.09. The Morgan fingerprint density at radius 1 is 1.42 bits per heavy atom.